The summed E-state index contributed by atoms with van der Waals surface area (Å²) in [6, 6.07) is 14.6. The molecule has 0 N–H and O–H groups in total. The van der Waals surface area contributed by atoms with Crippen LogP contribution in [0, 0.1) is 12.7 Å². The van der Waals surface area contributed by atoms with Crippen LogP contribution in [0.15, 0.2) is 48.5 Å². The van der Waals surface area contributed by atoms with Gasteiger partial charge in [0.1, 0.15) is 11.6 Å². The maximum atomic E-state index is 14.1. The molecule has 2 aromatic carbocycles. The topological polar surface area (TPSA) is 22.1 Å². The van der Waals surface area contributed by atoms with E-state index in [9.17, 15) is 4.39 Å². The summed E-state index contributed by atoms with van der Waals surface area (Å²) in [5.74, 6) is 0.176. The number of rotatable bonds is 2. The minimum absolute atomic E-state index is 0. The van der Waals surface area contributed by atoms with Crippen molar-refractivity contribution in [2.24, 2.45) is 0 Å². The first-order valence-corrected chi connectivity index (χ1v) is 6.39. The molecule has 0 saturated heterocycles. The Hall–Kier alpha value is -2.13. The second-order valence-electron chi connectivity index (χ2n) is 4.69. The molecule has 1 heterocycles. The van der Waals surface area contributed by atoms with Crippen molar-refractivity contribution in [3.05, 3.63) is 59.9 Å². The highest BCUT2D eigenvalue weighted by Crippen LogP contribution is 2.28. The monoisotopic (exact) mass is 303 g/mol. The van der Waals surface area contributed by atoms with Gasteiger partial charge in [0, 0.05) is 17.0 Å². The zero-order valence-electron chi connectivity index (χ0n) is 11.8. The van der Waals surface area contributed by atoms with Gasteiger partial charge < -0.3 is 4.74 Å². The number of fused-ring (bicyclic) bond motifs is 1. The maximum Gasteiger partial charge on any atom is 0.136 e. The molecular formula is C17H15ClFNO. The lowest BCUT2D eigenvalue weighted by molar-refractivity contribution is 0.411. The molecule has 0 saturated carbocycles. The second-order valence-corrected chi connectivity index (χ2v) is 4.69. The number of nitrogens with zero attached hydrogens (tertiary/aromatic N) is 1. The third-order valence-electron chi connectivity index (χ3n) is 3.38. The van der Waals surface area contributed by atoms with Gasteiger partial charge in [-0.05, 0) is 36.8 Å². The van der Waals surface area contributed by atoms with Crippen LogP contribution in [0.2, 0.25) is 0 Å². The van der Waals surface area contributed by atoms with Gasteiger partial charge in [-0.25, -0.2) is 9.37 Å². The number of ether oxygens (including phenoxy) is 1. The predicted molar refractivity (Wildman–Crippen MR) is 85.7 cm³/mol. The minimum atomic E-state index is -0.327. The molecule has 0 unspecified atom stereocenters. The number of aryl methyl sites for hydroxylation is 1. The summed E-state index contributed by atoms with van der Waals surface area (Å²) in [4.78, 5) is 4.54. The van der Waals surface area contributed by atoms with Crippen LogP contribution in [-0.4, -0.2) is 12.1 Å². The van der Waals surface area contributed by atoms with Gasteiger partial charge in [0.25, 0.3) is 0 Å². The molecule has 108 valence electrons. The largest absolute Gasteiger partial charge is 0.497 e. The summed E-state index contributed by atoms with van der Waals surface area (Å²) >= 11 is 0. The zero-order valence-corrected chi connectivity index (χ0v) is 12.6. The Morgan fingerprint density at radius 3 is 2.52 bits per heavy atom. The zero-order chi connectivity index (χ0) is 14.1. The van der Waals surface area contributed by atoms with E-state index in [0.717, 1.165) is 16.5 Å². The second kappa shape index (κ2) is 6.10. The molecule has 0 fully saturated rings. The highest BCUT2D eigenvalue weighted by atomic mass is 35.5. The van der Waals surface area contributed by atoms with Gasteiger partial charge in [-0.1, -0.05) is 18.2 Å². The standard InChI is InChI=1S/C17H14FNO.ClH/c1-11-9-17(19-16-6-4-3-5-13(11)16)14-8-7-12(20-2)10-15(14)18;/h3-10H,1-2H3;1H. The van der Waals surface area contributed by atoms with Crippen molar-refractivity contribution in [2.45, 2.75) is 6.92 Å². The van der Waals surface area contributed by atoms with Gasteiger partial charge in [0.2, 0.25) is 0 Å². The molecule has 0 aliphatic rings. The van der Waals surface area contributed by atoms with E-state index >= 15 is 0 Å². The van der Waals surface area contributed by atoms with Crippen LogP contribution in [0.25, 0.3) is 22.2 Å². The first-order chi connectivity index (χ1) is 9.69. The predicted octanol–water partition coefficient (Wildman–Crippen LogP) is 4.78. The van der Waals surface area contributed by atoms with Gasteiger partial charge in [-0.3, -0.25) is 0 Å². The molecule has 0 atom stereocenters. The maximum absolute atomic E-state index is 14.1. The third-order valence-corrected chi connectivity index (χ3v) is 3.38. The average molecular weight is 304 g/mol. The molecule has 3 aromatic rings. The molecule has 3 rings (SSSR count). The summed E-state index contributed by atoms with van der Waals surface area (Å²) < 4.78 is 19.2. The number of aromatic nitrogens is 1. The molecule has 0 bridgehead atoms. The van der Waals surface area contributed by atoms with Crippen molar-refractivity contribution in [3.63, 3.8) is 0 Å². The molecule has 2 nitrogen and oxygen atoms in total. The summed E-state index contributed by atoms with van der Waals surface area (Å²) in [6.45, 7) is 2.01. The fraction of sp³-hybridized carbons (Fsp3) is 0.118. The lowest BCUT2D eigenvalue weighted by Crippen LogP contribution is -1.92. The van der Waals surface area contributed by atoms with Crippen LogP contribution < -0.4 is 4.74 Å². The number of halogens is 2. The van der Waals surface area contributed by atoms with E-state index < -0.39 is 0 Å². The van der Waals surface area contributed by atoms with Crippen LogP contribution in [-0.2, 0) is 0 Å². The third kappa shape index (κ3) is 2.83. The molecular weight excluding hydrogens is 289 g/mol. The van der Waals surface area contributed by atoms with E-state index in [4.69, 9.17) is 4.74 Å². The van der Waals surface area contributed by atoms with Gasteiger partial charge in [0.15, 0.2) is 0 Å². The highest BCUT2D eigenvalue weighted by Gasteiger charge is 2.10. The van der Waals surface area contributed by atoms with E-state index in [2.05, 4.69) is 4.98 Å². The Bertz CT molecular complexity index is 789. The summed E-state index contributed by atoms with van der Waals surface area (Å²) in [6.07, 6.45) is 0. The van der Waals surface area contributed by atoms with Gasteiger partial charge in [-0.2, -0.15) is 0 Å². The molecule has 21 heavy (non-hydrogen) atoms. The van der Waals surface area contributed by atoms with Gasteiger partial charge in [0.05, 0.1) is 18.3 Å². The van der Waals surface area contributed by atoms with E-state index in [0.29, 0.717) is 17.0 Å². The molecule has 0 aliphatic carbocycles. The molecule has 0 radical (unpaired) electrons. The van der Waals surface area contributed by atoms with Crippen molar-refractivity contribution < 1.29 is 9.13 Å². The Morgan fingerprint density at radius 2 is 1.81 bits per heavy atom. The SMILES string of the molecule is COc1ccc(-c2cc(C)c3ccccc3n2)c(F)c1.Cl. The van der Waals surface area contributed by atoms with E-state index in [1.54, 1.807) is 12.1 Å². The fourth-order valence-corrected chi connectivity index (χ4v) is 2.32. The Balaban J connectivity index is 0.00000161. The smallest absolute Gasteiger partial charge is 0.136 e. The quantitative estimate of drug-likeness (QED) is 0.679. The minimum Gasteiger partial charge on any atom is -0.497 e. The Labute approximate surface area is 129 Å². The number of methoxy groups -OCH3 is 1. The highest BCUT2D eigenvalue weighted by molar-refractivity contribution is 5.85. The number of hydrogen-bond donors (Lipinski definition) is 0. The van der Waals surface area contributed by atoms with Crippen molar-refractivity contribution in [1.82, 2.24) is 4.98 Å². The molecule has 0 aliphatic heterocycles. The molecule has 0 spiro atoms. The van der Waals surface area contributed by atoms with Gasteiger partial charge >= 0.3 is 0 Å². The van der Waals surface area contributed by atoms with Crippen LogP contribution in [0.5, 0.6) is 5.75 Å². The fourth-order valence-electron chi connectivity index (χ4n) is 2.32. The first-order valence-electron chi connectivity index (χ1n) is 6.39. The molecule has 1 aromatic heterocycles. The normalized spacial score (nSPS) is 10.2. The van der Waals surface area contributed by atoms with Crippen LogP contribution in [0.1, 0.15) is 5.56 Å². The lowest BCUT2D eigenvalue weighted by Gasteiger charge is -2.08. The van der Waals surface area contributed by atoms with E-state index in [1.807, 2.05) is 37.3 Å². The first kappa shape index (κ1) is 15.3. The van der Waals surface area contributed by atoms with E-state index in [1.165, 1.54) is 13.2 Å². The number of hydrogen-bond acceptors (Lipinski definition) is 2. The molecule has 0 amide bonds. The van der Waals surface area contributed by atoms with Crippen molar-refractivity contribution in [3.8, 4) is 17.0 Å². The average Bonchev–Trinajstić information content (AvgIpc) is 2.47. The van der Waals surface area contributed by atoms with Crippen molar-refractivity contribution >= 4 is 23.3 Å². The number of benzene rings is 2. The van der Waals surface area contributed by atoms with Crippen LogP contribution in [0.4, 0.5) is 4.39 Å². The molecule has 4 heteroatoms. The number of pyridine rings is 1. The Morgan fingerprint density at radius 1 is 1.05 bits per heavy atom. The summed E-state index contributed by atoms with van der Waals surface area (Å²) in [5.41, 5.74) is 3.08. The van der Waals surface area contributed by atoms with Crippen molar-refractivity contribution in [1.29, 1.82) is 0 Å². The van der Waals surface area contributed by atoms with Crippen LogP contribution in [0.3, 0.4) is 0 Å². The number of para-hydroxylation sites is 1. The summed E-state index contributed by atoms with van der Waals surface area (Å²) in [5, 5.41) is 1.09. The summed E-state index contributed by atoms with van der Waals surface area (Å²) in [7, 11) is 1.52. The van der Waals surface area contributed by atoms with Crippen molar-refractivity contribution in [2.75, 3.05) is 7.11 Å². The lowest BCUT2D eigenvalue weighted by atomic mass is 10.0. The van der Waals surface area contributed by atoms with Crippen LogP contribution >= 0.6 is 12.4 Å². The van der Waals surface area contributed by atoms with E-state index in [-0.39, 0.29) is 18.2 Å². The van der Waals surface area contributed by atoms with Gasteiger partial charge in [-0.15, -0.1) is 12.4 Å². The Kier molecular flexibility index (Phi) is 4.43.